The number of carbonyl (C=O) groups excluding carboxylic acids is 1. The second-order valence-electron chi connectivity index (χ2n) is 6.20. The smallest absolute Gasteiger partial charge is 0.223 e. The van der Waals surface area contributed by atoms with E-state index < -0.39 is 43.2 Å². The number of hydrogen-bond donors (Lipinski definition) is 4. The molecule has 4 N–H and O–H groups in total. The van der Waals surface area contributed by atoms with E-state index in [9.17, 15) is 20.1 Å². The minimum atomic E-state index is -1.34. The quantitative estimate of drug-likeness (QED) is 0.580. The molecule has 2 aromatic rings. The topological polar surface area (TPSA) is 108 Å². The molecular formula is C18H20BrNO6. The summed E-state index contributed by atoms with van der Waals surface area (Å²) in [6, 6.07) is 10.2. The van der Waals surface area contributed by atoms with Crippen LogP contribution in [0.2, 0.25) is 0 Å². The fourth-order valence-corrected chi connectivity index (χ4v) is 3.35. The van der Waals surface area contributed by atoms with Crippen LogP contribution >= 0.6 is 15.9 Å². The molecule has 1 fully saturated rings. The van der Waals surface area contributed by atoms with Gasteiger partial charge in [0.05, 0.1) is 6.61 Å². The molecule has 2 aromatic carbocycles. The first-order valence-corrected chi connectivity index (χ1v) is 8.94. The molecule has 1 unspecified atom stereocenters. The maximum Gasteiger partial charge on any atom is 0.223 e. The zero-order chi connectivity index (χ0) is 18.8. The molecule has 0 saturated carbocycles. The summed E-state index contributed by atoms with van der Waals surface area (Å²) < 4.78 is 12.4. The third-order valence-corrected chi connectivity index (χ3v) is 4.77. The normalized spacial score (nSPS) is 28.7. The minimum Gasteiger partial charge on any atom is -0.463 e. The third kappa shape index (κ3) is 3.99. The fraction of sp³-hybridized carbons (Fsp3) is 0.389. The van der Waals surface area contributed by atoms with Crippen LogP contribution in [-0.4, -0.2) is 58.5 Å². The Kier molecular flexibility index (Phi) is 5.79. The average Bonchev–Trinajstić information content (AvgIpc) is 2.61. The van der Waals surface area contributed by atoms with Crippen LogP contribution in [0.25, 0.3) is 10.8 Å². The van der Waals surface area contributed by atoms with Crippen LogP contribution in [0.5, 0.6) is 5.75 Å². The number of carbonyl (C=O) groups is 1. The molecule has 0 bridgehead atoms. The lowest BCUT2D eigenvalue weighted by atomic mass is 9.97. The van der Waals surface area contributed by atoms with Crippen molar-refractivity contribution in [1.82, 2.24) is 5.32 Å². The Bertz CT molecular complexity index is 800. The lowest BCUT2D eigenvalue weighted by Crippen LogP contribution is -2.65. The number of ether oxygens (including phenoxy) is 2. The first-order valence-electron chi connectivity index (χ1n) is 8.14. The lowest BCUT2D eigenvalue weighted by molar-refractivity contribution is -0.244. The number of aliphatic hydroxyl groups excluding tert-OH is 3. The van der Waals surface area contributed by atoms with Gasteiger partial charge in [-0.15, -0.1) is 0 Å². The predicted molar refractivity (Wildman–Crippen MR) is 97.6 cm³/mol. The summed E-state index contributed by atoms with van der Waals surface area (Å²) in [6.45, 7) is 0.804. The number of aliphatic hydroxyl groups is 3. The van der Waals surface area contributed by atoms with Gasteiger partial charge in [-0.2, -0.15) is 0 Å². The number of nitrogens with one attached hydrogen (secondary N) is 1. The zero-order valence-electron chi connectivity index (χ0n) is 14.0. The summed E-state index contributed by atoms with van der Waals surface area (Å²) >= 11 is 3.42. The maximum atomic E-state index is 11.5. The van der Waals surface area contributed by atoms with E-state index in [4.69, 9.17) is 9.47 Å². The summed E-state index contributed by atoms with van der Waals surface area (Å²) in [5.74, 6) is 0.0738. The van der Waals surface area contributed by atoms with Crippen molar-refractivity contribution in [2.45, 2.75) is 37.6 Å². The molecular weight excluding hydrogens is 406 g/mol. The predicted octanol–water partition coefficient (Wildman–Crippen LogP) is 0.925. The van der Waals surface area contributed by atoms with E-state index in [0.717, 1.165) is 15.2 Å². The number of halogens is 1. The van der Waals surface area contributed by atoms with Gasteiger partial charge in [-0.05, 0) is 35.0 Å². The summed E-state index contributed by atoms with van der Waals surface area (Å²) in [7, 11) is 0. The molecule has 5 atom stereocenters. The van der Waals surface area contributed by atoms with Gasteiger partial charge in [-0.1, -0.05) is 28.1 Å². The van der Waals surface area contributed by atoms with E-state index >= 15 is 0 Å². The highest BCUT2D eigenvalue weighted by molar-refractivity contribution is 9.10. The van der Waals surface area contributed by atoms with Gasteiger partial charge in [0.15, 0.2) is 0 Å². The second kappa shape index (κ2) is 7.89. The Morgan fingerprint density at radius 3 is 2.58 bits per heavy atom. The number of hydrogen-bond acceptors (Lipinski definition) is 6. The van der Waals surface area contributed by atoms with E-state index in [1.807, 2.05) is 24.3 Å². The van der Waals surface area contributed by atoms with Crippen molar-refractivity contribution in [3.8, 4) is 5.75 Å². The molecule has 1 heterocycles. The Morgan fingerprint density at radius 1 is 1.19 bits per heavy atom. The molecule has 26 heavy (non-hydrogen) atoms. The van der Waals surface area contributed by atoms with Gasteiger partial charge in [0.25, 0.3) is 0 Å². The molecule has 8 heteroatoms. The van der Waals surface area contributed by atoms with Crippen molar-refractivity contribution in [2.24, 2.45) is 0 Å². The molecule has 1 saturated heterocycles. The van der Waals surface area contributed by atoms with Gasteiger partial charge in [-0.3, -0.25) is 4.79 Å². The highest BCUT2D eigenvalue weighted by Gasteiger charge is 2.46. The van der Waals surface area contributed by atoms with E-state index in [1.165, 1.54) is 6.92 Å². The average molecular weight is 426 g/mol. The van der Waals surface area contributed by atoms with Gasteiger partial charge in [-0.25, -0.2) is 0 Å². The number of fused-ring (bicyclic) bond motifs is 1. The van der Waals surface area contributed by atoms with Gasteiger partial charge in [0.1, 0.15) is 30.1 Å². The number of amides is 1. The largest absolute Gasteiger partial charge is 0.463 e. The Balaban J connectivity index is 1.86. The Labute approximate surface area is 158 Å². The van der Waals surface area contributed by atoms with Crippen molar-refractivity contribution >= 4 is 32.6 Å². The highest BCUT2D eigenvalue weighted by Crippen LogP contribution is 2.28. The van der Waals surface area contributed by atoms with Crippen LogP contribution in [0.4, 0.5) is 0 Å². The Hall–Kier alpha value is -1.71. The monoisotopic (exact) mass is 425 g/mol. The zero-order valence-corrected chi connectivity index (χ0v) is 15.6. The summed E-state index contributed by atoms with van der Waals surface area (Å²) in [5.41, 5.74) is 0. The van der Waals surface area contributed by atoms with Crippen molar-refractivity contribution in [2.75, 3.05) is 6.61 Å². The molecule has 0 aliphatic carbocycles. The van der Waals surface area contributed by atoms with Crippen LogP contribution in [0.3, 0.4) is 0 Å². The van der Waals surface area contributed by atoms with E-state index in [0.29, 0.717) is 5.75 Å². The lowest BCUT2D eigenvalue weighted by Gasteiger charge is -2.42. The van der Waals surface area contributed by atoms with Crippen LogP contribution in [-0.2, 0) is 9.53 Å². The van der Waals surface area contributed by atoms with Gasteiger partial charge < -0.3 is 30.1 Å². The van der Waals surface area contributed by atoms with Gasteiger partial charge >= 0.3 is 0 Å². The van der Waals surface area contributed by atoms with E-state index in [2.05, 4.69) is 21.2 Å². The molecule has 7 nitrogen and oxygen atoms in total. The molecule has 140 valence electrons. The number of benzene rings is 2. The van der Waals surface area contributed by atoms with Crippen LogP contribution in [0.1, 0.15) is 6.92 Å². The summed E-state index contributed by atoms with van der Waals surface area (Å²) in [4.78, 5) is 11.5. The van der Waals surface area contributed by atoms with Crippen molar-refractivity contribution in [3.63, 3.8) is 0 Å². The standard InChI is InChI=1S/C18H20BrNO6/c1-9(22)20-15-17(24)16(23)14(8-21)26-18(15)25-13-5-3-10-6-12(19)4-2-11(10)7-13/h2-7,14-18,21,23-24H,8H2,1H3,(H,20,22)/t14-,15-,16-,17-,18?/m1/s1. The number of rotatable bonds is 4. The van der Waals surface area contributed by atoms with Gasteiger partial charge in [0.2, 0.25) is 12.2 Å². The highest BCUT2D eigenvalue weighted by atomic mass is 79.9. The van der Waals surface area contributed by atoms with Crippen LogP contribution in [0.15, 0.2) is 40.9 Å². The minimum absolute atomic E-state index is 0.399. The van der Waals surface area contributed by atoms with E-state index in [1.54, 1.807) is 12.1 Å². The molecule has 0 aromatic heterocycles. The molecule has 1 aliphatic heterocycles. The SMILES string of the molecule is CC(=O)N[C@H]1C(Oc2ccc3cc(Br)ccc3c2)O[C@H](CO)[C@@H](O)[C@@H]1O. The second-order valence-corrected chi connectivity index (χ2v) is 7.12. The summed E-state index contributed by atoms with van der Waals surface area (Å²) in [6.07, 6.45) is -4.77. The molecule has 0 spiro atoms. The first kappa shape index (κ1) is 19.1. The molecule has 1 aliphatic rings. The molecule has 3 rings (SSSR count). The van der Waals surface area contributed by atoms with Gasteiger partial charge in [0, 0.05) is 11.4 Å². The fourth-order valence-electron chi connectivity index (χ4n) is 2.97. The maximum absolute atomic E-state index is 11.5. The molecule has 0 radical (unpaired) electrons. The van der Waals surface area contributed by atoms with Crippen molar-refractivity contribution in [1.29, 1.82) is 0 Å². The first-order chi connectivity index (χ1) is 12.4. The summed E-state index contributed by atoms with van der Waals surface area (Å²) in [5, 5.41) is 34.2. The van der Waals surface area contributed by atoms with Crippen molar-refractivity contribution in [3.05, 3.63) is 40.9 Å². The van der Waals surface area contributed by atoms with E-state index in [-0.39, 0.29) is 0 Å². The Morgan fingerprint density at radius 2 is 1.88 bits per heavy atom. The molecule has 1 amide bonds. The van der Waals surface area contributed by atoms with Crippen LogP contribution < -0.4 is 10.1 Å². The third-order valence-electron chi connectivity index (χ3n) is 4.28. The van der Waals surface area contributed by atoms with Crippen LogP contribution in [0, 0.1) is 0 Å². The van der Waals surface area contributed by atoms with Crippen molar-refractivity contribution < 1.29 is 29.6 Å².